The van der Waals surface area contributed by atoms with Crippen LogP contribution in [0.3, 0.4) is 0 Å². The van der Waals surface area contributed by atoms with E-state index in [1.54, 1.807) is 23.5 Å². The zero-order valence-corrected chi connectivity index (χ0v) is 11.9. The summed E-state index contributed by atoms with van der Waals surface area (Å²) in [5, 5.41) is 7.65. The van der Waals surface area contributed by atoms with Gasteiger partial charge in [0.15, 0.2) is 0 Å². The minimum absolute atomic E-state index is 0.0878. The molecule has 0 fully saturated rings. The fourth-order valence-corrected chi connectivity index (χ4v) is 2.51. The van der Waals surface area contributed by atoms with E-state index in [9.17, 15) is 4.79 Å². The van der Waals surface area contributed by atoms with E-state index >= 15 is 0 Å². The van der Waals surface area contributed by atoms with Gasteiger partial charge in [0.2, 0.25) is 5.91 Å². The maximum absolute atomic E-state index is 11.6. The maximum atomic E-state index is 11.6. The summed E-state index contributed by atoms with van der Waals surface area (Å²) in [5.74, 6) is -0.0878. The summed E-state index contributed by atoms with van der Waals surface area (Å²) in [6.45, 7) is 0.648. The minimum atomic E-state index is -0.0878. The summed E-state index contributed by atoms with van der Waals surface area (Å²) in [5.41, 5.74) is 2.17. The van der Waals surface area contributed by atoms with Crippen LogP contribution in [0.1, 0.15) is 11.1 Å². The van der Waals surface area contributed by atoms with Gasteiger partial charge in [0.1, 0.15) is 0 Å². The molecular formula is C15H14ClNOS. The number of amides is 1. The quantitative estimate of drug-likeness (QED) is 0.835. The molecule has 0 aliphatic rings. The lowest BCUT2D eigenvalue weighted by atomic mass is 10.2. The Morgan fingerprint density at radius 3 is 3.00 bits per heavy atom. The second-order valence-corrected chi connectivity index (χ2v) is 5.28. The Bertz CT molecular complexity index is 563. The van der Waals surface area contributed by atoms with Gasteiger partial charge in [0, 0.05) is 17.6 Å². The van der Waals surface area contributed by atoms with Crippen LogP contribution in [0.5, 0.6) is 0 Å². The predicted octanol–water partition coefficient (Wildman–Crippen LogP) is 3.77. The molecule has 2 aromatic rings. The Morgan fingerprint density at radius 2 is 2.26 bits per heavy atom. The fourth-order valence-electron chi connectivity index (χ4n) is 1.61. The summed E-state index contributed by atoms with van der Waals surface area (Å²) in [4.78, 5) is 11.6. The van der Waals surface area contributed by atoms with Gasteiger partial charge in [-0.25, -0.2) is 0 Å². The SMILES string of the molecule is O=C(/C=C/c1cccc(Cl)c1)NCCc1ccsc1. The number of rotatable bonds is 5. The molecule has 1 N–H and O–H groups in total. The van der Waals surface area contributed by atoms with Gasteiger partial charge < -0.3 is 5.32 Å². The van der Waals surface area contributed by atoms with Crippen molar-refractivity contribution in [2.75, 3.05) is 6.54 Å². The molecule has 0 atom stereocenters. The lowest BCUT2D eigenvalue weighted by molar-refractivity contribution is -0.116. The molecule has 19 heavy (non-hydrogen) atoms. The van der Waals surface area contributed by atoms with E-state index in [1.807, 2.05) is 23.6 Å². The van der Waals surface area contributed by atoms with Crippen LogP contribution in [-0.4, -0.2) is 12.5 Å². The number of hydrogen-bond acceptors (Lipinski definition) is 2. The molecule has 0 saturated heterocycles. The largest absolute Gasteiger partial charge is 0.352 e. The first-order chi connectivity index (χ1) is 9.24. The maximum Gasteiger partial charge on any atom is 0.244 e. The van der Waals surface area contributed by atoms with Crippen molar-refractivity contribution in [3.8, 4) is 0 Å². The summed E-state index contributed by atoms with van der Waals surface area (Å²) in [7, 11) is 0. The first-order valence-electron chi connectivity index (χ1n) is 5.96. The Kier molecular flexibility index (Phi) is 5.19. The highest BCUT2D eigenvalue weighted by atomic mass is 35.5. The number of benzene rings is 1. The Hall–Kier alpha value is -1.58. The van der Waals surface area contributed by atoms with Crippen molar-refractivity contribution in [1.82, 2.24) is 5.32 Å². The molecule has 4 heteroatoms. The molecule has 0 bridgehead atoms. The van der Waals surface area contributed by atoms with E-state index in [0.717, 1.165) is 12.0 Å². The van der Waals surface area contributed by atoms with Crippen molar-refractivity contribution >= 4 is 34.9 Å². The zero-order valence-electron chi connectivity index (χ0n) is 10.3. The third-order valence-corrected chi connectivity index (χ3v) is 3.54. The van der Waals surface area contributed by atoms with Crippen LogP contribution in [0.25, 0.3) is 6.08 Å². The monoisotopic (exact) mass is 291 g/mol. The van der Waals surface area contributed by atoms with E-state index in [-0.39, 0.29) is 5.91 Å². The Balaban J connectivity index is 1.78. The summed E-state index contributed by atoms with van der Waals surface area (Å²) < 4.78 is 0. The second kappa shape index (κ2) is 7.12. The molecule has 1 heterocycles. The van der Waals surface area contributed by atoms with Crippen LogP contribution in [0.15, 0.2) is 47.2 Å². The van der Waals surface area contributed by atoms with Gasteiger partial charge >= 0.3 is 0 Å². The first-order valence-corrected chi connectivity index (χ1v) is 7.29. The summed E-state index contributed by atoms with van der Waals surface area (Å²) in [6, 6.07) is 9.45. The molecule has 1 aromatic heterocycles. The molecule has 2 nitrogen and oxygen atoms in total. The second-order valence-electron chi connectivity index (χ2n) is 4.06. The molecule has 1 amide bonds. The molecule has 0 aliphatic heterocycles. The average Bonchev–Trinajstić information content (AvgIpc) is 2.90. The van der Waals surface area contributed by atoms with Crippen molar-refractivity contribution in [3.05, 3.63) is 63.3 Å². The highest BCUT2D eigenvalue weighted by Crippen LogP contribution is 2.11. The summed E-state index contributed by atoms with van der Waals surface area (Å²) in [6.07, 6.45) is 4.14. The van der Waals surface area contributed by atoms with E-state index in [0.29, 0.717) is 11.6 Å². The number of carbonyl (C=O) groups excluding carboxylic acids is 1. The van der Waals surface area contributed by atoms with Crippen molar-refractivity contribution in [3.63, 3.8) is 0 Å². The van der Waals surface area contributed by atoms with E-state index in [1.165, 1.54) is 11.6 Å². The predicted molar refractivity (Wildman–Crippen MR) is 81.5 cm³/mol. The molecule has 0 unspecified atom stereocenters. The lowest BCUT2D eigenvalue weighted by Gasteiger charge is -2.00. The van der Waals surface area contributed by atoms with Crippen LogP contribution >= 0.6 is 22.9 Å². The van der Waals surface area contributed by atoms with Crippen LogP contribution in [-0.2, 0) is 11.2 Å². The van der Waals surface area contributed by atoms with Crippen LogP contribution < -0.4 is 5.32 Å². The van der Waals surface area contributed by atoms with Gasteiger partial charge in [-0.2, -0.15) is 11.3 Å². The van der Waals surface area contributed by atoms with Gasteiger partial charge in [-0.15, -0.1) is 0 Å². The number of halogens is 1. The third kappa shape index (κ3) is 4.89. The molecule has 0 saturated carbocycles. The highest BCUT2D eigenvalue weighted by Gasteiger charge is 1.97. The van der Waals surface area contributed by atoms with Gasteiger partial charge in [-0.1, -0.05) is 23.7 Å². The third-order valence-electron chi connectivity index (χ3n) is 2.57. The van der Waals surface area contributed by atoms with E-state index in [2.05, 4.69) is 16.8 Å². The lowest BCUT2D eigenvalue weighted by Crippen LogP contribution is -2.23. The van der Waals surface area contributed by atoms with Crippen LogP contribution in [0, 0.1) is 0 Å². The molecule has 1 aromatic carbocycles. The zero-order chi connectivity index (χ0) is 13.5. The van der Waals surface area contributed by atoms with E-state index < -0.39 is 0 Å². The average molecular weight is 292 g/mol. The van der Waals surface area contributed by atoms with Gasteiger partial charge in [0.05, 0.1) is 0 Å². The van der Waals surface area contributed by atoms with Crippen LogP contribution in [0.4, 0.5) is 0 Å². The van der Waals surface area contributed by atoms with Crippen molar-refractivity contribution in [2.24, 2.45) is 0 Å². The normalized spacial score (nSPS) is 10.8. The number of hydrogen-bond donors (Lipinski definition) is 1. The molecule has 0 radical (unpaired) electrons. The molecule has 98 valence electrons. The van der Waals surface area contributed by atoms with Gasteiger partial charge in [0.25, 0.3) is 0 Å². The van der Waals surface area contributed by atoms with E-state index in [4.69, 9.17) is 11.6 Å². The van der Waals surface area contributed by atoms with Crippen LogP contribution in [0.2, 0.25) is 5.02 Å². The van der Waals surface area contributed by atoms with Crippen molar-refractivity contribution in [2.45, 2.75) is 6.42 Å². The molecule has 0 spiro atoms. The Labute approximate surface area is 121 Å². The molecular weight excluding hydrogens is 278 g/mol. The van der Waals surface area contributed by atoms with Crippen molar-refractivity contribution < 1.29 is 4.79 Å². The smallest absolute Gasteiger partial charge is 0.244 e. The number of carbonyl (C=O) groups is 1. The highest BCUT2D eigenvalue weighted by molar-refractivity contribution is 7.07. The van der Waals surface area contributed by atoms with Gasteiger partial charge in [-0.05, 0) is 52.6 Å². The topological polar surface area (TPSA) is 29.1 Å². The number of thiophene rings is 1. The Morgan fingerprint density at radius 1 is 1.37 bits per heavy atom. The van der Waals surface area contributed by atoms with Gasteiger partial charge in [-0.3, -0.25) is 4.79 Å². The summed E-state index contributed by atoms with van der Waals surface area (Å²) >= 11 is 7.54. The standard InChI is InChI=1S/C15H14ClNOS/c16-14-3-1-2-12(10-14)4-5-15(18)17-8-6-13-7-9-19-11-13/h1-5,7,9-11H,6,8H2,(H,17,18)/b5-4+. The first kappa shape index (κ1) is 13.8. The fraction of sp³-hybridized carbons (Fsp3) is 0.133. The molecule has 2 rings (SSSR count). The number of nitrogens with one attached hydrogen (secondary N) is 1. The molecule has 0 aliphatic carbocycles. The minimum Gasteiger partial charge on any atom is -0.352 e. The van der Waals surface area contributed by atoms with Crippen molar-refractivity contribution in [1.29, 1.82) is 0 Å².